The maximum absolute atomic E-state index is 15.2. The number of amides is 3. The first-order chi connectivity index (χ1) is 19.0. The number of anilines is 1. The minimum atomic E-state index is -4.80. The summed E-state index contributed by atoms with van der Waals surface area (Å²) < 4.78 is 58.6. The van der Waals surface area contributed by atoms with Crippen molar-refractivity contribution in [2.24, 2.45) is 0 Å². The minimum Gasteiger partial charge on any atom is -0.375 e. The van der Waals surface area contributed by atoms with Gasteiger partial charge in [0.05, 0.1) is 18.9 Å². The number of rotatable bonds is 9. The first-order valence-electron chi connectivity index (χ1n) is 12.5. The van der Waals surface area contributed by atoms with Crippen LogP contribution in [-0.4, -0.2) is 49.3 Å². The van der Waals surface area contributed by atoms with E-state index in [1.807, 2.05) is 30.3 Å². The quantitative estimate of drug-likeness (QED) is 0.231. The molecular formula is C29H27F4N3O4. The van der Waals surface area contributed by atoms with Crippen molar-refractivity contribution in [3.05, 3.63) is 90.0 Å². The molecule has 3 aromatic carbocycles. The summed E-state index contributed by atoms with van der Waals surface area (Å²) in [5.41, 5.74) is -0.306. The zero-order valence-corrected chi connectivity index (χ0v) is 21.5. The molecule has 210 valence electrons. The zero-order chi connectivity index (χ0) is 28.9. The summed E-state index contributed by atoms with van der Waals surface area (Å²) in [6, 6.07) is 21.7. The molecule has 0 saturated heterocycles. The third-order valence-electron chi connectivity index (χ3n) is 6.42. The molecule has 2 atom stereocenters. The summed E-state index contributed by atoms with van der Waals surface area (Å²) in [4.78, 5) is 40.4. The molecule has 0 fully saturated rings. The fourth-order valence-electron chi connectivity index (χ4n) is 4.34. The molecule has 2 N–H and O–H groups in total. The maximum atomic E-state index is 15.2. The summed E-state index contributed by atoms with van der Waals surface area (Å²) >= 11 is 0. The van der Waals surface area contributed by atoms with Crippen molar-refractivity contribution in [3.8, 4) is 11.1 Å². The van der Waals surface area contributed by atoms with Gasteiger partial charge in [-0.2, -0.15) is 13.2 Å². The number of carbonyl (C=O) groups is 3. The molecule has 7 nitrogen and oxygen atoms in total. The van der Waals surface area contributed by atoms with Gasteiger partial charge in [0.15, 0.2) is 0 Å². The Hall–Kier alpha value is -4.25. The van der Waals surface area contributed by atoms with Gasteiger partial charge in [-0.25, -0.2) is 4.39 Å². The Kier molecular flexibility index (Phi) is 8.53. The topological polar surface area (TPSA) is 87.7 Å². The number of hydrogen-bond donors (Lipinski definition) is 2. The van der Waals surface area contributed by atoms with E-state index in [-0.39, 0.29) is 13.2 Å². The Morgan fingerprint density at radius 1 is 0.875 bits per heavy atom. The molecule has 3 aromatic rings. The molecule has 0 aliphatic carbocycles. The number of hydrogen-bond acceptors (Lipinski definition) is 4. The van der Waals surface area contributed by atoms with Gasteiger partial charge in [-0.05, 0) is 29.7 Å². The van der Waals surface area contributed by atoms with Gasteiger partial charge in [-0.1, -0.05) is 72.8 Å². The van der Waals surface area contributed by atoms with Gasteiger partial charge in [0.2, 0.25) is 0 Å². The molecule has 11 heteroatoms. The van der Waals surface area contributed by atoms with E-state index in [1.165, 1.54) is 10.2 Å². The molecule has 0 saturated carbocycles. The first-order valence-corrected chi connectivity index (χ1v) is 12.5. The molecule has 0 spiro atoms. The van der Waals surface area contributed by atoms with Crippen molar-refractivity contribution in [2.75, 3.05) is 24.6 Å². The van der Waals surface area contributed by atoms with Crippen molar-refractivity contribution in [1.29, 1.82) is 0 Å². The van der Waals surface area contributed by atoms with Crippen LogP contribution in [0.3, 0.4) is 0 Å². The third-order valence-corrected chi connectivity index (χ3v) is 6.42. The van der Waals surface area contributed by atoms with Crippen LogP contribution >= 0.6 is 0 Å². The van der Waals surface area contributed by atoms with Crippen molar-refractivity contribution >= 4 is 23.4 Å². The van der Waals surface area contributed by atoms with Gasteiger partial charge in [0, 0.05) is 12.1 Å². The summed E-state index contributed by atoms with van der Waals surface area (Å²) in [7, 11) is 0. The highest BCUT2D eigenvalue weighted by Gasteiger charge is 2.45. The van der Waals surface area contributed by atoms with Crippen LogP contribution in [0.1, 0.15) is 24.1 Å². The van der Waals surface area contributed by atoms with Crippen molar-refractivity contribution in [3.63, 3.8) is 0 Å². The lowest BCUT2D eigenvalue weighted by atomic mass is 9.95. The van der Waals surface area contributed by atoms with E-state index in [0.717, 1.165) is 5.56 Å². The van der Waals surface area contributed by atoms with Crippen molar-refractivity contribution < 1.29 is 36.7 Å². The molecule has 0 radical (unpaired) electrons. The van der Waals surface area contributed by atoms with Crippen LogP contribution in [-0.2, 0) is 25.7 Å². The van der Waals surface area contributed by atoms with E-state index in [1.54, 1.807) is 48.5 Å². The van der Waals surface area contributed by atoms with E-state index in [4.69, 9.17) is 4.74 Å². The molecule has 1 aliphatic rings. The van der Waals surface area contributed by atoms with Gasteiger partial charge in [0.25, 0.3) is 23.4 Å². The normalized spacial score (nSPS) is 16.3. The Balaban J connectivity index is 1.60. The Morgan fingerprint density at radius 3 is 2.20 bits per heavy atom. The van der Waals surface area contributed by atoms with Gasteiger partial charge in [0.1, 0.15) is 12.6 Å². The lowest BCUT2D eigenvalue weighted by Crippen LogP contribution is -2.55. The molecule has 0 unspecified atom stereocenters. The molecule has 1 aliphatic heterocycles. The van der Waals surface area contributed by atoms with Crippen molar-refractivity contribution in [2.45, 2.75) is 31.4 Å². The van der Waals surface area contributed by atoms with E-state index in [9.17, 15) is 27.6 Å². The van der Waals surface area contributed by atoms with Crippen LogP contribution in [0.4, 0.5) is 23.2 Å². The standard InChI is InChI=1S/C29H27F4N3O4/c1-28(30,26(38)34-18-29(31,32)33)27(39)35-24-22-13-6-5-11-20(22)21-12-7-8-14-23(21)36(25(24)37)15-16-40-17-19-9-3-2-4-10-19/h2-14,24H,15-18H2,1H3,(H,34,38)(H,35,39)/t24-,28+/m0/s1. The number of nitrogens with zero attached hydrogens (tertiary/aromatic N) is 1. The van der Waals surface area contributed by atoms with Crippen LogP contribution in [0.25, 0.3) is 11.1 Å². The Morgan fingerprint density at radius 2 is 1.50 bits per heavy atom. The lowest BCUT2D eigenvalue weighted by Gasteiger charge is -2.28. The van der Waals surface area contributed by atoms with Gasteiger partial charge in [-0.15, -0.1) is 0 Å². The van der Waals surface area contributed by atoms with Gasteiger partial charge >= 0.3 is 6.18 Å². The molecule has 0 aromatic heterocycles. The van der Waals surface area contributed by atoms with Crippen LogP contribution in [0.2, 0.25) is 0 Å². The second kappa shape index (κ2) is 11.9. The summed E-state index contributed by atoms with van der Waals surface area (Å²) in [5, 5.41) is 3.66. The molecular weight excluding hydrogens is 530 g/mol. The number of para-hydroxylation sites is 1. The highest BCUT2D eigenvalue weighted by atomic mass is 19.4. The van der Waals surface area contributed by atoms with E-state index in [0.29, 0.717) is 35.9 Å². The fraction of sp³-hybridized carbons (Fsp3) is 0.276. The summed E-state index contributed by atoms with van der Waals surface area (Å²) in [5.74, 6) is -3.95. The van der Waals surface area contributed by atoms with Crippen LogP contribution in [0.15, 0.2) is 78.9 Å². The largest absolute Gasteiger partial charge is 0.405 e. The SMILES string of the molecule is C[C@@](F)(C(=O)NCC(F)(F)F)C(=O)N[C@@H]1C(=O)N(CCOCc2ccccc2)c2ccccc2-c2ccccc21. The first kappa shape index (κ1) is 28.8. The van der Waals surface area contributed by atoms with E-state index in [2.05, 4.69) is 5.32 Å². The zero-order valence-electron chi connectivity index (χ0n) is 21.5. The molecule has 3 amide bonds. The molecule has 1 heterocycles. The van der Waals surface area contributed by atoms with E-state index < -0.39 is 42.2 Å². The number of nitrogens with one attached hydrogen (secondary N) is 2. The highest BCUT2D eigenvalue weighted by molar-refractivity contribution is 6.11. The van der Waals surface area contributed by atoms with E-state index >= 15 is 4.39 Å². The second-order valence-corrected chi connectivity index (χ2v) is 9.34. The number of carbonyl (C=O) groups excluding carboxylic acids is 3. The second-order valence-electron chi connectivity index (χ2n) is 9.34. The Labute approximate surface area is 228 Å². The van der Waals surface area contributed by atoms with Crippen LogP contribution in [0, 0.1) is 0 Å². The lowest BCUT2D eigenvalue weighted by molar-refractivity contribution is -0.152. The number of ether oxygens (including phenoxy) is 1. The number of halogens is 4. The monoisotopic (exact) mass is 557 g/mol. The maximum Gasteiger partial charge on any atom is 0.405 e. The van der Waals surface area contributed by atoms with Crippen molar-refractivity contribution in [1.82, 2.24) is 10.6 Å². The molecule has 0 bridgehead atoms. The number of benzene rings is 3. The summed E-state index contributed by atoms with van der Waals surface area (Å²) in [6.45, 7) is -0.742. The average Bonchev–Trinajstić information content (AvgIpc) is 3.03. The minimum absolute atomic E-state index is 0.0853. The van der Waals surface area contributed by atoms with Crippen LogP contribution in [0.5, 0.6) is 0 Å². The fourth-order valence-corrected chi connectivity index (χ4v) is 4.34. The predicted molar refractivity (Wildman–Crippen MR) is 140 cm³/mol. The molecule has 4 rings (SSSR count). The highest BCUT2D eigenvalue weighted by Crippen LogP contribution is 2.40. The average molecular weight is 558 g/mol. The van der Waals surface area contributed by atoms with Gasteiger partial charge in [-0.3, -0.25) is 14.4 Å². The van der Waals surface area contributed by atoms with Gasteiger partial charge < -0.3 is 20.3 Å². The van der Waals surface area contributed by atoms with Crippen LogP contribution < -0.4 is 15.5 Å². The smallest absolute Gasteiger partial charge is 0.375 e. The summed E-state index contributed by atoms with van der Waals surface area (Å²) in [6.07, 6.45) is -4.80. The Bertz CT molecular complexity index is 1380. The predicted octanol–water partition coefficient (Wildman–Crippen LogP) is 4.48. The number of alkyl halides is 4. The third kappa shape index (κ3) is 6.48. The molecule has 40 heavy (non-hydrogen) atoms. The number of fused-ring (bicyclic) bond motifs is 3.